The van der Waals surface area contributed by atoms with Crippen molar-refractivity contribution in [3.8, 4) is 17.6 Å². The second kappa shape index (κ2) is 8.53. The van der Waals surface area contributed by atoms with E-state index >= 15 is 0 Å². The SMILES string of the molecule is CCOc1cc(C#N)ccc1OCC(=O)NC(C)c1ccncc1. The first-order chi connectivity index (χ1) is 11.6. The molecule has 1 heterocycles. The Kier molecular flexibility index (Phi) is 6.15. The monoisotopic (exact) mass is 325 g/mol. The van der Waals surface area contributed by atoms with Gasteiger partial charge in [0, 0.05) is 18.5 Å². The van der Waals surface area contributed by atoms with E-state index in [1.54, 1.807) is 30.6 Å². The Morgan fingerprint density at radius 3 is 2.67 bits per heavy atom. The molecule has 0 spiro atoms. The van der Waals surface area contributed by atoms with Gasteiger partial charge in [-0.1, -0.05) is 0 Å². The maximum Gasteiger partial charge on any atom is 0.258 e. The normalized spacial score (nSPS) is 11.2. The van der Waals surface area contributed by atoms with Crippen LogP contribution in [0.15, 0.2) is 42.7 Å². The molecule has 1 N–H and O–H groups in total. The molecule has 1 unspecified atom stereocenters. The largest absolute Gasteiger partial charge is 0.490 e. The number of aromatic nitrogens is 1. The minimum absolute atomic E-state index is 0.138. The van der Waals surface area contributed by atoms with Crippen molar-refractivity contribution in [1.29, 1.82) is 5.26 Å². The van der Waals surface area contributed by atoms with Crippen LogP contribution in [0.2, 0.25) is 0 Å². The molecule has 0 radical (unpaired) electrons. The van der Waals surface area contributed by atoms with Gasteiger partial charge in [-0.3, -0.25) is 9.78 Å². The van der Waals surface area contributed by atoms with Gasteiger partial charge in [0.15, 0.2) is 18.1 Å². The maximum absolute atomic E-state index is 12.0. The summed E-state index contributed by atoms with van der Waals surface area (Å²) in [5, 5.41) is 11.8. The predicted molar refractivity (Wildman–Crippen MR) is 88.6 cm³/mol. The Bertz CT molecular complexity index is 726. The molecule has 0 fully saturated rings. The second-order valence-electron chi connectivity index (χ2n) is 5.06. The van der Waals surface area contributed by atoms with Crippen LogP contribution in [-0.4, -0.2) is 24.1 Å². The predicted octanol–water partition coefficient (Wildman–Crippen LogP) is 2.61. The number of amides is 1. The molecule has 6 heteroatoms. The number of ether oxygens (including phenoxy) is 2. The van der Waals surface area contributed by atoms with E-state index in [-0.39, 0.29) is 18.6 Å². The minimum Gasteiger partial charge on any atom is -0.490 e. The summed E-state index contributed by atoms with van der Waals surface area (Å²) in [5.74, 6) is 0.639. The molecule has 0 aliphatic heterocycles. The molecular formula is C18H19N3O3. The van der Waals surface area contributed by atoms with Gasteiger partial charge in [0.2, 0.25) is 0 Å². The van der Waals surface area contributed by atoms with Gasteiger partial charge in [-0.05, 0) is 43.7 Å². The van der Waals surface area contributed by atoms with Crippen LogP contribution in [0.1, 0.15) is 31.0 Å². The highest BCUT2D eigenvalue weighted by Gasteiger charge is 2.12. The van der Waals surface area contributed by atoms with Gasteiger partial charge in [-0.2, -0.15) is 5.26 Å². The zero-order valence-corrected chi connectivity index (χ0v) is 13.7. The van der Waals surface area contributed by atoms with Crippen molar-refractivity contribution < 1.29 is 14.3 Å². The third kappa shape index (κ3) is 4.71. The van der Waals surface area contributed by atoms with Crippen LogP contribution in [-0.2, 0) is 4.79 Å². The lowest BCUT2D eigenvalue weighted by Crippen LogP contribution is -2.31. The summed E-state index contributed by atoms with van der Waals surface area (Å²) in [5.41, 5.74) is 1.44. The Labute approximate surface area is 141 Å². The van der Waals surface area contributed by atoms with Crippen molar-refractivity contribution in [2.75, 3.05) is 13.2 Å². The van der Waals surface area contributed by atoms with Gasteiger partial charge < -0.3 is 14.8 Å². The number of nitrogens with zero attached hydrogens (tertiary/aromatic N) is 2. The standard InChI is InChI=1S/C18H19N3O3/c1-3-23-17-10-14(11-19)4-5-16(17)24-12-18(22)21-13(2)15-6-8-20-9-7-15/h4-10,13H,3,12H2,1-2H3,(H,21,22). The van der Waals surface area contributed by atoms with Crippen molar-refractivity contribution >= 4 is 5.91 Å². The van der Waals surface area contributed by atoms with E-state index in [1.807, 2.05) is 32.0 Å². The molecule has 0 aliphatic rings. The fourth-order valence-corrected chi connectivity index (χ4v) is 2.13. The van der Waals surface area contributed by atoms with Crippen LogP contribution in [0.3, 0.4) is 0 Å². The average Bonchev–Trinajstić information content (AvgIpc) is 2.61. The summed E-state index contributed by atoms with van der Waals surface area (Å²) < 4.78 is 11.0. The van der Waals surface area contributed by atoms with Gasteiger partial charge in [0.05, 0.1) is 24.3 Å². The fraction of sp³-hybridized carbons (Fsp3) is 0.278. The molecule has 0 saturated carbocycles. The van der Waals surface area contributed by atoms with E-state index in [2.05, 4.69) is 10.3 Å². The number of hydrogen-bond donors (Lipinski definition) is 1. The topological polar surface area (TPSA) is 84.2 Å². The van der Waals surface area contributed by atoms with Crippen molar-refractivity contribution in [3.05, 3.63) is 53.9 Å². The highest BCUT2D eigenvalue weighted by Crippen LogP contribution is 2.28. The van der Waals surface area contributed by atoms with E-state index in [9.17, 15) is 4.79 Å². The summed E-state index contributed by atoms with van der Waals surface area (Å²) in [7, 11) is 0. The van der Waals surface area contributed by atoms with Crippen molar-refractivity contribution in [2.24, 2.45) is 0 Å². The molecule has 1 aromatic carbocycles. The van der Waals surface area contributed by atoms with Gasteiger partial charge >= 0.3 is 0 Å². The average molecular weight is 325 g/mol. The summed E-state index contributed by atoms with van der Waals surface area (Å²) in [6.07, 6.45) is 3.36. The smallest absolute Gasteiger partial charge is 0.258 e. The summed E-state index contributed by atoms with van der Waals surface area (Å²) in [6.45, 7) is 4.03. The quantitative estimate of drug-likeness (QED) is 0.846. The molecule has 1 aromatic heterocycles. The lowest BCUT2D eigenvalue weighted by molar-refractivity contribution is -0.123. The summed E-state index contributed by atoms with van der Waals surface area (Å²) >= 11 is 0. The molecule has 124 valence electrons. The van der Waals surface area contributed by atoms with E-state index in [1.165, 1.54) is 0 Å². The molecule has 1 atom stereocenters. The number of rotatable bonds is 7. The van der Waals surface area contributed by atoms with Gasteiger partial charge in [-0.25, -0.2) is 0 Å². The van der Waals surface area contributed by atoms with Gasteiger partial charge in [0.1, 0.15) is 0 Å². The zero-order chi connectivity index (χ0) is 17.4. The Morgan fingerprint density at radius 2 is 2.00 bits per heavy atom. The molecule has 0 aliphatic carbocycles. The van der Waals surface area contributed by atoms with E-state index in [0.717, 1.165) is 5.56 Å². The highest BCUT2D eigenvalue weighted by molar-refractivity contribution is 5.78. The molecule has 1 amide bonds. The number of nitrogens with one attached hydrogen (secondary N) is 1. The zero-order valence-electron chi connectivity index (χ0n) is 13.7. The van der Waals surface area contributed by atoms with Crippen molar-refractivity contribution in [3.63, 3.8) is 0 Å². The number of benzene rings is 1. The fourth-order valence-electron chi connectivity index (χ4n) is 2.13. The van der Waals surface area contributed by atoms with Crippen LogP contribution in [0.5, 0.6) is 11.5 Å². The summed E-state index contributed by atoms with van der Waals surface area (Å²) in [4.78, 5) is 16.0. The summed E-state index contributed by atoms with van der Waals surface area (Å²) in [6, 6.07) is 10.4. The molecule has 2 aromatic rings. The van der Waals surface area contributed by atoms with Gasteiger partial charge in [0.25, 0.3) is 5.91 Å². The Hall–Kier alpha value is -3.07. The third-order valence-electron chi connectivity index (χ3n) is 3.32. The minimum atomic E-state index is -0.244. The lowest BCUT2D eigenvalue weighted by atomic mass is 10.1. The van der Waals surface area contributed by atoms with Crippen molar-refractivity contribution in [1.82, 2.24) is 10.3 Å². The van der Waals surface area contributed by atoms with Crippen LogP contribution in [0.4, 0.5) is 0 Å². The van der Waals surface area contributed by atoms with Crippen LogP contribution >= 0.6 is 0 Å². The van der Waals surface area contributed by atoms with Crippen LogP contribution in [0, 0.1) is 11.3 Å². The number of pyridine rings is 1. The molecule has 0 saturated heterocycles. The molecule has 24 heavy (non-hydrogen) atoms. The van der Waals surface area contributed by atoms with Crippen molar-refractivity contribution in [2.45, 2.75) is 19.9 Å². The number of hydrogen-bond acceptors (Lipinski definition) is 5. The third-order valence-corrected chi connectivity index (χ3v) is 3.32. The lowest BCUT2D eigenvalue weighted by Gasteiger charge is -2.15. The Balaban J connectivity index is 1.95. The second-order valence-corrected chi connectivity index (χ2v) is 5.06. The van der Waals surface area contributed by atoms with E-state index < -0.39 is 0 Å². The first kappa shape index (κ1) is 17.3. The number of carbonyl (C=O) groups is 1. The highest BCUT2D eigenvalue weighted by atomic mass is 16.5. The van der Waals surface area contributed by atoms with E-state index in [0.29, 0.717) is 23.7 Å². The first-order valence-corrected chi connectivity index (χ1v) is 7.63. The number of carbonyl (C=O) groups excluding carboxylic acids is 1. The molecule has 0 bridgehead atoms. The maximum atomic E-state index is 12.0. The van der Waals surface area contributed by atoms with E-state index in [4.69, 9.17) is 14.7 Å². The first-order valence-electron chi connectivity index (χ1n) is 7.63. The molecule has 2 rings (SSSR count). The van der Waals surface area contributed by atoms with Crippen LogP contribution in [0.25, 0.3) is 0 Å². The Morgan fingerprint density at radius 1 is 1.25 bits per heavy atom. The number of nitriles is 1. The van der Waals surface area contributed by atoms with Crippen LogP contribution < -0.4 is 14.8 Å². The molecule has 6 nitrogen and oxygen atoms in total. The molecular weight excluding hydrogens is 306 g/mol. The van der Waals surface area contributed by atoms with Gasteiger partial charge in [-0.15, -0.1) is 0 Å².